The fraction of sp³-hybridized carbons (Fsp3) is 0.158. The highest BCUT2D eigenvalue weighted by molar-refractivity contribution is 7.26. The molecular weight excluding hydrogens is 745 g/mol. The summed E-state index contributed by atoms with van der Waals surface area (Å²) in [6, 6.07) is 44.3. The van der Waals surface area contributed by atoms with E-state index in [9.17, 15) is 0 Å². The third kappa shape index (κ3) is 4.81. The molecule has 0 N–H and O–H groups in total. The summed E-state index contributed by atoms with van der Waals surface area (Å²) in [6.45, 7) is 4.87. The zero-order valence-corrected chi connectivity index (χ0v) is 34.9. The number of allylic oxidation sites excluding steroid dienone is 9. The molecule has 0 aliphatic heterocycles. The van der Waals surface area contributed by atoms with Crippen molar-refractivity contribution in [1.29, 1.82) is 0 Å². The van der Waals surface area contributed by atoms with Gasteiger partial charge in [-0.2, -0.15) is 0 Å². The van der Waals surface area contributed by atoms with Crippen LogP contribution in [0.1, 0.15) is 68.3 Å². The predicted octanol–water partition coefficient (Wildman–Crippen LogP) is 16.0. The highest BCUT2D eigenvalue weighted by Gasteiger charge is 2.39. The van der Waals surface area contributed by atoms with E-state index in [2.05, 4.69) is 181 Å². The molecule has 9 aromatic rings. The van der Waals surface area contributed by atoms with Crippen molar-refractivity contribution in [3.05, 3.63) is 180 Å². The summed E-state index contributed by atoms with van der Waals surface area (Å²) in [5, 5.41) is 6.60. The SMILES string of the molecule is CC1(C)C2=C(C=CCC2)c2c(-c3cc(-n4c5c(c6cc(-c7ccc8c(c7)c7ccccc7n8C7=CCCC=C7)ccc64)C=CCC5)cc4c3sc3ccccc34)cccc21. The van der Waals surface area contributed by atoms with Crippen LogP contribution in [0.15, 0.2) is 157 Å². The highest BCUT2D eigenvalue weighted by Crippen LogP contribution is 2.54. The zero-order valence-electron chi connectivity index (χ0n) is 34.1. The van der Waals surface area contributed by atoms with E-state index >= 15 is 0 Å². The van der Waals surface area contributed by atoms with Crippen molar-refractivity contribution in [3.63, 3.8) is 0 Å². The molecule has 0 spiro atoms. The van der Waals surface area contributed by atoms with Crippen LogP contribution < -0.4 is 0 Å². The van der Waals surface area contributed by atoms with Crippen molar-refractivity contribution in [2.24, 2.45) is 0 Å². The first-order chi connectivity index (χ1) is 29.5. The van der Waals surface area contributed by atoms with E-state index in [0.29, 0.717) is 0 Å². The molecule has 288 valence electrons. The fourth-order valence-corrected chi connectivity index (χ4v) is 12.5. The fourth-order valence-electron chi connectivity index (χ4n) is 11.3. The van der Waals surface area contributed by atoms with Gasteiger partial charge in [-0.3, -0.25) is 0 Å². The third-order valence-corrected chi connectivity index (χ3v) is 15.3. The zero-order chi connectivity index (χ0) is 39.7. The van der Waals surface area contributed by atoms with Gasteiger partial charge in [0, 0.05) is 70.0 Å². The van der Waals surface area contributed by atoms with Crippen molar-refractivity contribution in [2.75, 3.05) is 0 Å². The molecule has 3 aromatic heterocycles. The maximum absolute atomic E-state index is 2.61. The van der Waals surface area contributed by atoms with Crippen molar-refractivity contribution in [1.82, 2.24) is 9.13 Å². The monoisotopic (exact) mass is 788 g/mol. The largest absolute Gasteiger partial charge is 0.313 e. The Labute approximate surface area is 354 Å². The molecule has 3 heteroatoms. The molecule has 3 heterocycles. The molecule has 2 nitrogen and oxygen atoms in total. The Hall–Kier alpha value is -6.42. The molecule has 4 aliphatic carbocycles. The van der Waals surface area contributed by atoms with E-state index in [1.54, 1.807) is 5.57 Å². The van der Waals surface area contributed by atoms with Crippen molar-refractivity contribution in [2.45, 2.75) is 57.8 Å². The Balaban J connectivity index is 1.03. The van der Waals surface area contributed by atoms with Crippen LogP contribution in [-0.4, -0.2) is 9.13 Å². The minimum atomic E-state index is 0.0218. The molecule has 0 bridgehead atoms. The van der Waals surface area contributed by atoms with E-state index in [1.807, 2.05) is 11.3 Å². The Morgan fingerprint density at radius 3 is 2.17 bits per heavy atom. The molecule has 6 aromatic carbocycles. The lowest BCUT2D eigenvalue weighted by Gasteiger charge is -2.25. The average molecular weight is 789 g/mol. The van der Waals surface area contributed by atoms with Gasteiger partial charge < -0.3 is 9.13 Å². The normalized spacial score (nSPS) is 16.7. The van der Waals surface area contributed by atoms with E-state index in [-0.39, 0.29) is 5.41 Å². The molecule has 0 radical (unpaired) electrons. The maximum Gasteiger partial charge on any atom is 0.0541 e. The summed E-state index contributed by atoms with van der Waals surface area (Å²) < 4.78 is 7.77. The van der Waals surface area contributed by atoms with Gasteiger partial charge in [-0.15, -0.1) is 11.3 Å². The van der Waals surface area contributed by atoms with Crippen molar-refractivity contribution in [3.8, 4) is 27.9 Å². The lowest BCUT2D eigenvalue weighted by atomic mass is 9.78. The number of benzene rings is 6. The van der Waals surface area contributed by atoms with Gasteiger partial charge >= 0.3 is 0 Å². The second kappa shape index (κ2) is 12.8. The number of para-hydroxylation sites is 1. The third-order valence-electron chi connectivity index (χ3n) is 14.1. The molecule has 0 fully saturated rings. The van der Waals surface area contributed by atoms with Crippen molar-refractivity contribution >= 4 is 81.6 Å². The number of thiophene rings is 1. The Morgan fingerprint density at radius 2 is 1.30 bits per heavy atom. The Morgan fingerprint density at radius 1 is 0.550 bits per heavy atom. The first-order valence-corrected chi connectivity index (χ1v) is 22.6. The molecule has 0 unspecified atom stereocenters. The summed E-state index contributed by atoms with van der Waals surface area (Å²) in [7, 11) is 0. The van der Waals surface area contributed by atoms with Gasteiger partial charge in [0.05, 0.1) is 16.6 Å². The molecule has 0 amide bonds. The Bertz CT molecular complexity index is 3510. The number of hydrogen-bond donors (Lipinski definition) is 0. The smallest absolute Gasteiger partial charge is 0.0541 e. The van der Waals surface area contributed by atoms with Crippen LogP contribution in [0.5, 0.6) is 0 Å². The molecule has 4 aliphatic rings. The summed E-state index contributed by atoms with van der Waals surface area (Å²) in [6.07, 6.45) is 23.0. The topological polar surface area (TPSA) is 9.86 Å². The number of nitrogens with zero attached hydrogens (tertiary/aromatic N) is 2. The predicted molar refractivity (Wildman–Crippen MR) is 258 cm³/mol. The van der Waals surface area contributed by atoms with E-state index < -0.39 is 0 Å². The van der Waals surface area contributed by atoms with Crippen LogP contribution in [0, 0.1) is 0 Å². The number of hydrogen-bond acceptors (Lipinski definition) is 1. The quantitative estimate of drug-likeness (QED) is 0.168. The van der Waals surface area contributed by atoms with Crippen LogP contribution in [0.2, 0.25) is 0 Å². The van der Waals surface area contributed by atoms with E-state index in [1.165, 1.54) is 114 Å². The van der Waals surface area contributed by atoms with Crippen LogP contribution in [0.4, 0.5) is 0 Å². The Kier molecular flexibility index (Phi) is 7.34. The first kappa shape index (κ1) is 34.4. The van der Waals surface area contributed by atoms with Gasteiger partial charge in [-0.05, 0) is 127 Å². The standard InChI is InChI=1S/C57H44N2S/c1-57(2)48-22-10-6-20-43(48)55-42(21-14-23-49(55)57)47-34-38(33-46-41-19-9-13-26-54(41)60-56(46)47)59-51-25-12-8-18-40(51)45-32-36(28-30-53(45)59)35-27-29-52-44(31-35)39-17-7-11-24-50(39)58(52)37-15-4-3-5-16-37/h4,6-9,11,13-21,23-24,26-34H,3,5,10,12,22,25H2,1-2H3. The van der Waals surface area contributed by atoms with Gasteiger partial charge in [-0.25, -0.2) is 0 Å². The van der Waals surface area contributed by atoms with Crippen LogP contribution in [-0.2, 0) is 11.8 Å². The van der Waals surface area contributed by atoms with Crippen molar-refractivity contribution < 1.29 is 0 Å². The van der Waals surface area contributed by atoms with Crippen LogP contribution >= 0.6 is 11.3 Å². The van der Waals surface area contributed by atoms with Gasteiger partial charge in [0.1, 0.15) is 0 Å². The minimum absolute atomic E-state index is 0.0218. The van der Waals surface area contributed by atoms with E-state index in [0.717, 1.165) is 38.5 Å². The number of aromatic nitrogens is 2. The second-order valence-corrected chi connectivity index (χ2v) is 18.8. The second-order valence-electron chi connectivity index (χ2n) is 17.7. The van der Waals surface area contributed by atoms with Crippen LogP contribution in [0.3, 0.4) is 0 Å². The van der Waals surface area contributed by atoms with Gasteiger partial charge in [0.25, 0.3) is 0 Å². The maximum atomic E-state index is 2.61. The molecular formula is C57H44N2S. The molecule has 13 rings (SSSR count). The summed E-state index contributed by atoms with van der Waals surface area (Å²) >= 11 is 1.94. The minimum Gasteiger partial charge on any atom is -0.313 e. The summed E-state index contributed by atoms with van der Waals surface area (Å²) in [5.41, 5.74) is 20.2. The van der Waals surface area contributed by atoms with Gasteiger partial charge in [0.15, 0.2) is 0 Å². The highest BCUT2D eigenvalue weighted by atomic mass is 32.1. The van der Waals surface area contributed by atoms with Crippen LogP contribution in [0.25, 0.3) is 98.2 Å². The molecule has 0 saturated heterocycles. The van der Waals surface area contributed by atoms with Gasteiger partial charge in [-0.1, -0.05) is 123 Å². The van der Waals surface area contributed by atoms with Gasteiger partial charge in [0.2, 0.25) is 0 Å². The summed E-state index contributed by atoms with van der Waals surface area (Å²) in [4.78, 5) is 0. The van der Waals surface area contributed by atoms with E-state index in [4.69, 9.17) is 0 Å². The number of fused-ring (bicyclic) bond motifs is 11. The molecule has 0 atom stereocenters. The lowest BCUT2D eigenvalue weighted by Crippen LogP contribution is -2.17. The number of rotatable bonds is 4. The summed E-state index contributed by atoms with van der Waals surface area (Å²) in [5.74, 6) is 0. The molecule has 0 saturated carbocycles. The first-order valence-electron chi connectivity index (χ1n) is 21.8. The lowest BCUT2D eigenvalue weighted by molar-refractivity contribution is 0.607. The molecule has 60 heavy (non-hydrogen) atoms. The average Bonchev–Trinajstić information content (AvgIpc) is 4.01.